The van der Waals surface area contributed by atoms with E-state index in [0.717, 1.165) is 12.1 Å². The predicted octanol–water partition coefficient (Wildman–Crippen LogP) is 4.98. The van der Waals surface area contributed by atoms with Crippen LogP contribution in [0.5, 0.6) is 0 Å². The number of Topliss-reactive ketones (excluding diaryl/α,β-unsaturated/α-hetero) is 1. The summed E-state index contributed by atoms with van der Waals surface area (Å²) in [7, 11) is 0. The van der Waals surface area contributed by atoms with Gasteiger partial charge in [0, 0.05) is 24.4 Å². The van der Waals surface area contributed by atoms with Crippen molar-refractivity contribution < 1.29 is 22.8 Å². The molecule has 0 spiro atoms. The lowest BCUT2D eigenvalue weighted by Crippen LogP contribution is -2.34. The van der Waals surface area contributed by atoms with Crippen molar-refractivity contribution in [2.45, 2.75) is 44.8 Å². The van der Waals surface area contributed by atoms with Crippen LogP contribution in [-0.2, 0) is 11.0 Å². The van der Waals surface area contributed by atoms with E-state index >= 15 is 0 Å². The number of carbonyl (C=O) groups is 2. The van der Waals surface area contributed by atoms with Crippen LogP contribution in [0.3, 0.4) is 0 Å². The maximum Gasteiger partial charge on any atom is 0.416 e. The lowest BCUT2D eigenvalue weighted by atomic mass is 9.96. The van der Waals surface area contributed by atoms with Gasteiger partial charge in [-0.1, -0.05) is 49.4 Å². The topological polar surface area (TPSA) is 46.2 Å². The Balaban J connectivity index is 1.86. The Labute approximate surface area is 156 Å². The molecule has 3 nitrogen and oxygen atoms in total. The highest BCUT2D eigenvalue weighted by Gasteiger charge is 2.30. The van der Waals surface area contributed by atoms with Gasteiger partial charge in [-0.05, 0) is 30.5 Å². The molecule has 2 aromatic rings. The van der Waals surface area contributed by atoms with E-state index < -0.39 is 11.7 Å². The van der Waals surface area contributed by atoms with E-state index in [-0.39, 0.29) is 36.5 Å². The third-order valence-electron chi connectivity index (χ3n) is 4.29. The molecule has 0 aliphatic carbocycles. The fourth-order valence-electron chi connectivity index (χ4n) is 2.80. The summed E-state index contributed by atoms with van der Waals surface area (Å²) in [6.07, 6.45) is -4.06. The van der Waals surface area contributed by atoms with Gasteiger partial charge in [0.15, 0.2) is 5.78 Å². The SMILES string of the molecule is C[C@H](CC(=O)c1ccccc1)NC(=O)C[C@@H](C)c1ccc(C(F)(F)F)cc1. The second kappa shape index (κ2) is 8.84. The van der Waals surface area contributed by atoms with Gasteiger partial charge in [-0.25, -0.2) is 0 Å². The summed E-state index contributed by atoms with van der Waals surface area (Å²) in [5.41, 5.74) is 0.541. The van der Waals surface area contributed by atoms with Gasteiger partial charge in [0.2, 0.25) is 5.91 Å². The molecular weight excluding hydrogens is 355 g/mol. The van der Waals surface area contributed by atoms with Crippen molar-refractivity contribution in [3.8, 4) is 0 Å². The van der Waals surface area contributed by atoms with E-state index in [1.54, 1.807) is 38.1 Å². The summed E-state index contributed by atoms with van der Waals surface area (Å²) in [4.78, 5) is 24.3. The number of halogens is 3. The van der Waals surface area contributed by atoms with Crippen LogP contribution in [0.4, 0.5) is 13.2 Å². The number of hydrogen-bond donors (Lipinski definition) is 1. The first kappa shape index (κ1) is 20.7. The molecule has 0 saturated heterocycles. The lowest BCUT2D eigenvalue weighted by molar-refractivity contribution is -0.137. The Hall–Kier alpha value is -2.63. The third kappa shape index (κ3) is 6.24. The third-order valence-corrected chi connectivity index (χ3v) is 4.29. The molecule has 2 rings (SSSR count). The summed E-state index contributed by atoms with van der Waals surface area (Å²) >= 11 is 0. The minimum atomic E-state index is -4.38. The molecule has 0 aliphatic heterocycles. The van der Waals surface area contributed by atoms with Gasteiger partial charge in [0.25, 0.3) is 0 Å². The van der Waals surface area contributed by atoms with E-state index in [4.69, 9.17) is 0 Å². The molecule has 6 heteroatoms. The van der Waals surface area contributed by atoms with Crippen molar-refractivity contribution in [2.75, 3.05) is 0 Å². The highest BCUT2D eigenvalue weighted by molar-refractivity contribution is 5.96. The van der Waals surface area contributed by atoms with Gasteiger partial charge in [0.05, 0.1) is 5.56 Å². The molecule has 27 heavy (non-hydrogen) atoms. The van der Waals surface area contributed by atoms with Crippen molar-refractivity contribution in [1.29, 1.82) is 0 Å². The van der Waals surface area contributed by atoms with Gasteiger partial charge in [-0.15, -0.1) is 0 Å². The highest BCUT2D eigenvalue weighted by atomic mass is 19.4. The van der Waals surface area contributed by atoms with Crippen LogP contribution in [0.1, 0.15) is 54.1 Å². The monoisotopic (exact) mass is 377 g/mol. The predicted molar refractivity (Wildman–Crippen MR) is 97.5 cm³/mol. The minimum absolute atomic E-state index is 0.0563. The second-order valence-electron chi connectivity index (χ2n) is 6.69. The number of benzene rings is 2. The average Bonchev–Trinajstić information content (AvgIpc) is 2.61. The zero-order valence-corrected chi connectivity index (χ0v) is 15.2. The Morgan fingerprint density at radius 3 is 2.07 bits per heavy atom. The Bertz CT molecular complexity index is 770. The molecule has 1 amide bonds. The average molecular weight is 377 g/mol. The zero-order valence-electron chi connectivity index (χ0n) is 15.2. The normalized spacial score (nSPS) is 13.7. The molecule has 0 aliphatic rings. The van der Waals surface area contributed by atoms with Crippen LogP contribution in [0.15, 0.2) is 54.6 Å². The molecule has 0 bridgehead atoms. The van der Waals surface area contributed by atoms with Crippen molar-refractivity contribution in [3.63, 3.8) is 0 Å². The largest absolute Gasteiger partial charge is 0.416 e. The van der Waals surface area contributed by atoms with E-state index in [0.29, 0.717) is 11.1 Å². The number of carbonyl (C=O) groups excluding carboxylic acids is 2. The molecule has 144 valence electrons. The molecule has 0 aromatic heterocycles. The van der Waals surface area contributed by atoms with E-state index in [2.05, 4.69) is 5.32 Å². The molecule has 0 unspecified atom stereocenters. The molecule has 0 radical (unpaired) electrons. The number of amides is 1. The van der Waals surface area contributed by atoms with Crippen molar-refractivity contribution in [2.24, 2.45) is 0 Å². The number of nitrogens with one attached hydrogen (secondary N) is 1. The van der Waals surface area contributed by atoms with Gasteiger partial charge >= 0.3 is 6.18 Å². The van der Waals surface area contributed by atoms with Crippen LogP contribution in [0.25, 0.3) is 0 Å². The summed E-state index contributed by atoms with van der Waals surface area (Å²) in [5.74, 6) is -0.528. The van der Waals surface area contributed by atoms with E-state index in [1.807, 2.05) is 6.07 Å². The van der Waals surface area contributed by atoms with Gasteiger partial charge in [0.1, 0.15) is 0 Å². The standard InChI is InChI=1S/C21H22F3NO2/c1-14(16-8-10-18(11-9-16)21(22,23)24)12-20(27)25-15(2)13-19(26)17-6-4-3-5-7-17/h3-11,14-15H,12-13H2,1-2H3,(H,25,27)/t14-,15-/m1/s1. The first-order valence-corrected chi connectivity index (χ1v) is 8.71. The molecule has 1 N–H and O–H groups in total. The van der Waals surface area contributed by atoms with Gasteiger partial charge in [-0.3, -0.25) is 9.59 Å². The van der Waals surface area contributed by atoms with Gasteiger partial charge < -0.3 is 5.32 Å². The van der Waals surface area contributed by atoms with Gasteiger partial charge in [-0.2, -0.15) is 13.2 Å². The fraction of sp³-hybridized carbons (Fsp3) is 0.333. The summed E-state index contributed by atoms with van der Waals surface area (Å²) in [6.45, 7) is 3.53. The maximum absolute atomic E-state index is 12.6. The Morgan fingerprint density at radius 1 is 0.926 bits per heavy atom. The summed E-state index contributed by atoms with van der Waals surface area (Å²) in [6, 6.07) is 13.3. The molecular formula is C21H22F3NO2. The first-order valence-electron chi connectivity index (χ1n) is 8.71. The van der Waals surface area contributed by atoms with E-state index in [1.165, 1.54) is 12.1 Å². The molecule has 0 fully saturated rings. The molecule has 0 heterocycles. The Morgan fingerprint density at radius 2 is 1.52 bits per heavy atom. The smallest absolute Gasteiger partial charge is 0.353 e. The number of rotatable bonds is 7. The van der Waals surface area contributed by atoms with E-state index in [9.17, 15) is 22.8 Å². The zero-order chi connectivity index (χ0) is 20.0. The van der Waals surface area contributed by atoms with Crippen LogP contribution in [0.2, 0.25) is 0 Å². The van der Waals surface area contributed by atoms with Crippen LogP contribution in [-0.4, -0.2) is 17.7 Å². The molecule has 2 aromatic carbocycles. The second-order valence-corrected chi connectivity index (χ2v) is 6.69. The number of ketones is 1. The Kier molecular flexibility index (Phi) is 6.77. The molecule has 0 saturated carbocycles. The van der Waals surface area contributed by atoms with Crippen LogP contribution < -0.4 is 5.32 Å². The van der Waals surface area contributed by atoms with Crippen LogP contribution in [0, 0.1) is 0 Å². The molecule has 2 atom stereocenters. The fourth-order valence-corrected chi connectivity index (χ4v) is 2.80. The first-order chi connectivity index (χ1) is 12.7. The number of hydrogen-bond acceptors (Lipinski definition) is 2. The van der Waals surface area contributed by atoms with Crippen molar-refractivity contribution in [3.05, 3.63) is 71.3 Å². The maximum atomic E-state index is 12.6. The summed E-state index contributed by atoms with van der Waals surface area (Å²) < 4.78 is 37.8. The van der Waals surface area contributed by atoms with Crippen LogP contribution >= 0.6 is 0 Å². The lowest BCUT2D eigenvalue weighted by Gasteiger charge is -2.17. The quantitative estimate of drug-likeness (QED) is 0.692. The highest BCUT2D eigenvalue weighted by Crippen LogP contribution is 2.30. The van der Waals surface area contributed by atoms with Crippen molar-refractivity contribution >= 4 is 11.7 Å². The summed E-state index contributed by atoms with van der Waals surface area (Å²) in [5, 5.41) is 2.78. The van der Waals surface area contributed by atoms with Crippen molar-refractivity contribution in [1.82, 2.24) is 5.32 Å². The number of alkyl halides is 3. The minimum Gasteiger partial charge on any atom is -0.353 e.